The van der Waals surface area contributed by atoms with E-state index in [-0.39, 0.29) is 11.1 Å². The number of carbonyl (C=O) groups excluding carboxylic acids is 1. The molecule has 0 spiro atoms. The molecule has 0 aliphatic rings. The molecule has 0 aliphatic carbocycles. The summed E-state index contributed by atoms with van der Waals surface area (Å²) in [5.41, 5.74) is 0.396. The van der Waals surface area contributed by atoms with Crippen molar-refractivity contribution in [2.75, 3.05) is 5.32 Å². The molecule has 3 aromatic heterocycles. The van der Waals surface area contributed by atoms with Gasteiger partial charge in [0.2, 0.25) is 5.13 Å². The van der Waals surface area contributed by atoms with Gasteiger partial charge in [0, 0.05) is 21.3 Å². The van der Waals surface area contributed by atoms with Crippen LogP contribution >= 0.6 is 62.0 Å². The van der Waals surface area contributed by atoms with E-state index in [1.807, 2.05) is 11.4 Å². The van der Waals surface area contributed by atoms with Gasteiger partial charge in [-0.05, 0) is 33.4 Å². The van der Waals surface area contributed by atoms with Crippen LogP contribution in [0.25, 0.3) is 0 Å². The van der Waals surface area contributed by atoms with Gasteiger partial charge < -0.3 is 0 Å². The van der Waals surface area contributed by atoms with Crippen LogP contribution in [0.4, 0.5) is 5.13 Å². The largest absolute Gasteiger partial charge is 0.296 e. The van der Waals surface area contributed by atoms with E-state index >= 15 is 0 Å². The number of halogens is 2. The zero-order valence-electron chi connectivity index (χ0n) is 11.3. The van der Waals surface area contributed by atoms with E-state index in [9.17, 15) is 4.79 Å². The first-order valence-corrected chi connectivity index (χ1v) is 10.1. The number of aromatic nitrogens is 3. The van der Waals surface area contributed by atoms with Gasteiger partial charge in [-0.1, -0.05) is 40.8 Å². The average molecular weight is 448 g/mol. The Labute approximate surface area is 157 Å². The van der Waals surface area contributed by atoms with Gasteiger partial charge in [-0.2, -0.15) is 0 Å². The van der Waals surface area contributed by atoms with E-state index in [4.69, 9.17) is 11.6 Å². The Morgan fingerprint density at radius 3 is 3.09 bits per heavy atom. The van der Waals surface area contributed by atoms with Crippen molar-refractivity contribution in [2.24, 2.45) is 0 Å². The lowest BCUT2D eigenvalue weighted by Crippen LogP contribution is -2.12. The van der Waals surface area contributed by atoms with E-state index < -0.39 is 0 Å². The monoisotopic (exact) mass is 446 g/mol. The van der Waals surface area contributed by atoms with E-state index in [0.29, 0.717) is 15.2 Å². The van der Waals surface area contributed by atoms with Gasteiger partial charge >= 0.3 is 0 Å². The molecule has 3 rings (SSSR count). The molecule has 0 fully saturated rings. The summed E-state index contributed by atoms with van der Waals surface area (Å²) in [6.07, 6.45) is 1.49. The van der Waals surface area contributed by atoms with Crippen molar-refractivity contribution in [1.82, 2.24) is 15.2 Å². The maximum Gasteiger partial charge on any atom is 0.258 e. The summed E-state index contributed by atoms with van der Waals surface area (Å²) in [6.45, 7) is 0. The molecular weight excluding hydrogens is 440 g/mol. The number of rotatable bonds is 5. The number of thiophene rings is 1. The molecule has 10 heteroatoms. The zero-order valence-corrected chi connectivity index (χ0v) is 16.1. The zero-order chi connectivity index (χ0) is 16.2. The number of nitrogens with zero attached hydrogens (tertiary/aromatic N) is 3. The number of anilines is 1. The molecule has 1 N–H and O–H groups in total. The second-order valence-electron chi connectivity index (χ2n) is 4.18. The van der Waals surface area contributed by atoms with E-state index in [1.165, 1.54) is 28.5 Å². The fourth-order valence-electron chi connectivity index (χ4n) is 1.60. The van der Waals surface area contributed by atoms with Gasteiger partial charge in [0.1, 0.15) is 5.15 Å². The highest BCUT2D eigenvalue weighted by molar-refractivity contribution is 9.10. The summed E-state index contributed by atoms with van der Waals surface area (Å²) in [5, 5.41) is 13.5. The number of thioether (sulfide) groups is 1. The smallest absolute Gasteiger partial charge is 0.258 e. The number of nitrogens with one attached hydrogen (secondary N) is 1. The van der Waals surface area contributed by atoms with Crippen LogP contribution in [-0.2, 0) is 5.75 Å². The molecule has 0 saturated carbocycles. The molecule has 23 heavy (non-hydrogen) atoms. The third-order valence-electron chi connectivity index (χ3n) is 2.61. The van der Waals surface area contributed by atoms with E-state index in [0.717, 1.165) is 10.1 Å². The second kappa shape index (κ2) is 7.71. The quantitative estimate of drug-likeness (QED) is 0.340. The van der Waals surface area contributed by atoms with Crippen molar-refractivity contribution in [3.8, 4) is 0 Å². The fraction of sp³-hybridized carbons (Fsp3) is 0.0769. The molecule has 5 nitrogen and oxygen atoms in total. The molecule has 0 bridgehead atoms. The number of pyridine rings is 1. The van der Waals surface area contributed by atoms with Gasteiger partial charge in [-0.15, -0.1) is 21.5 Å². The highest BCUT2D eigenvalue weighted by Gasteiger charge is 2.14. The SMILES string of the molecule is O=C(Nc1nnc(SCc2cccs2)s1)c1cc(Cl)ncc1Br. The summed E-state index contributed by atoms with van der Waals surface area (Å²) >= 11 is 13.7. The lowest BCUT2D eigenvalue weighted by Gasteiger charge is -2.03. The van der Waals surface area contributed by atoms with Crippen molar-refractivity contribution in [2.45, 2.75) is 10.1 Å². The molecule has 0 saturated heterocycles. The Kier molecular flexibility index (Phi) is 5.65. The Morgan fingerprint density at radius 2 is 2.30 bits per heavy atom. The van der Waals surface area contributed by atoms with Crippen LogP contribution in [0.3, 0.4) is 0 Å². The number of carbonyl (C=O) groups is 1. The Morgan fingerprint density at radius 1 is 1.43 bits per heavy atom. The van der Waals surface area contributed by atoms with Gasteiger partial charge in [-0.3, -0.25) is 10.1 Å². The van der Waals surface area contributed by atoms with E-state index in [2.05, 4.69) is 42.5 Å². The van der Waals surface area contributed by atoms with Crippen LogP contribution in [-0.4, -0.2) is 21.1 Å². The summed E-state index contributed by atoms with van der Waals surface area (Å²) in [6, 6.07) is 5.59. The summed E-state index contributed by atoms with van der Waals surface area (Å²) in [4.78, 5) is 17.4. The summed E-state index contributed by atoms with van der Waals surface area (Å²) in [5.74, 6) is 0.526. The van der Waals surface area contributed by atoms with Crippen molar-refractivity contribution in [3.63, 3.8) is 0 Å². The highest BCUT2D eigenvalue weighted by Crippen LogP contribution is 2.30. The van der Waals surface area contributed by atoms with Crippen LogP contribution in [0, 0.1) is 0 Å². The lowest BCUT2D eigenvalue weighted by atomic mass is 10.2. The standard InChI is InChI=1S/C13H8BrClN4OS3/c14-9-5-16-10(15)4-8(9)11(20)17-12-18-19-13(23-12)22-6-7-2-1-3-21-7/h1-5H,6H2,(H,17,18,20). The minimum atomic E-state index is -0.313. The molecule has 118 valence electrons. The predicted molar refractivity (Wildman–Crippen MR) is 98.7 cm³/mol. The minimum Gasteiger partial charge on any atom is -0.296 e. The normalized spacial score (nSPS) is 10.7. The number of amides is 1. The van der Waals surface area contributed by atoms with Gasteiger partial charge in [0.25, 0.3) is 5.91 Å². The molecule has 3 aromatic rings. The van der Waals surface area contributed by atoms with Crippen LogP contribution in [0.5, 0.6) is 0 Å². The van der Waals surface area contributed by atoms with Crippen molar-refractivity contribution in [1.29, 1.82) is 0 Å². The van der Waals surface area contributed by atoms with Gasteiger partial charge in [0.15, 0.2) is 4.34 Å². The average Bonchev–Trinajstić information content (AvgIpc) is 3.19. The molecule has 0 aromatic carbocycles. The predicted octanol–water partition coefficient (Wildman–Crippen LogP) is 4.96. The summed E-state index contributed by atoms with van der Waals surface area (Å²) in [7, 11) is 0. The van der Waals surface area contributed by atoms with Crippen molar-refractivity contribution in [3.05, 3.63) is 49.8 Å². The molecule has 0 atom stereocenters. The first-order valence-electron chi connectivity index (χ1n) is 6.23. The maximum atomic E-state index is 12.2. The number of hydrogen-bond acceptors (Lipinski definition) is 7. The molecule has 0 radical (unpaired) electrons. The maximum absolute atomic E-state index is 12.2. The molecule has 1 amide bonds. The van der Waals surface area contributed by atoms with Crippen molar-refractivity contribution < 1.29 is 4.79 Å². The highest BCUT2D eigenvalue weighted by atomic mass is 79.9. The van der Waals surface area contributed by atoms with Crippen LogP contribution in [0.15, 0.2) is 38.6 Å². The van der Waals surface area contributed by atoms with Gasteiger partial charge in [-0.25, -0.2) is 4.98 Å². The van der Waals surface area contributed by atoms with Gasteiger partial charge in [0.05, 0.1) is 5.56 Å². The first-order chi connectivity index (χ1) is 11.1. The van der Waals surface area contributed by atoms with Crippen LogP contribution in [0.1, 0.15) is 15.2 Å². The third-order valence-corrected chi connectivity index (χ3v) is 6.53. The van der Waals surface area contributed by atoms with E-state index in [1.54, 1.807) is 23.1 Å². The second-order valence-corrected chi connectivity index (χ2v) is 8.66. The fourth-order valence-corrected chi connectivity index (χ4v) is 4.67. The topological polar surface area (TPSA) is 67.8 Å². The third kappa shape index (κ3) is 4.51. The molecule has 0 unspecified atom stereocenters. The Bertz CT molecular complexity index is 825. The van der Waals surface area contributed by atoms with Crippen LogP contribution < -0.4 is 5.32 Å². The summed E-state index contributed by atoms with van der Waals surface area (Å²) < 4.78 is 1.37. The van der Waals surface area contributed by atoms with Crippen molar-refractivity contribution >= 4 is 73.0 Å². The Balaban J connectivity index is 1.64. The minimum absolute atomic E-state index is 0.253. The lowest BCUT2D eigenvalue weighted by molar-refractivity contribution is 0.102. The molecule has 3 heterocycles. The molecular formula is C13H8BrClN4OS3. The molecule has 0 aliphatic heterocycles. The van der Waals surface area contributed by atoms with Crippen LogP contribution in [0.2, 0.25) is 5.15 Å². The number of hydrogen-bond donors (Lipinski definition) is 1. The Hall–Kier alpha value is -1.000. The first kappa shape index (κ1) is 16.8.